The predicted molar refractivity (Wildman–Crippen MR) is 84.3 cm³/mol. The molecule has 0 aliphatic heterocycles. The van der Waals surface area contributed by atoms with Crippen molar-refractivity contribution in [3.8, 4) is 0 Å². The van der Waals surface area contributed by atoms with Crippen molar-refractivity contribution in [3.05, 3.63) is 46.7 Å². The van der Waals surface area contributed by atoms with Crippen LogP contribution in [0, 0.1) is 6.92 Å². The van der Waals surface area contributed by atoms with Crippen LogP contribution in [0.1, 0.15) is 25.1 Å². The highest BCUT2D eigenvalue weighted by Gasteiger charge is 2.06. The summed E-state index contributed by atoms with van der Waals surface area (Å²) in [5.41, 5.74) is 2.07. The second-order valence-corrected chi connectivity index (χ2v) is 6.32. The van der Waals surface area contributed by atoms with Gasteiger partial charge in [0.25, 0.3) is 0 Å². The van der Waals surface area contributed by atoms with Crippen LogP contribution in [0.4, 0.5) is 0 Å². The molecule has 1 aromatic carbocycles. The summed E-state index contributed by atoms with van der Waals surface area (Å²) in [6.07, 6.45) is 1.77. The van der Waals surface area contributed by atoms with Crippen LogP contribution in [0.15, 0.2) is 40.5 Å². The zero-order valence-corrected chi connectivity index (χ0v) is 13.4. The van der Waals surface area contributed by atoms with E-state index in [1.165, 1.54) is 11.8 Å². The van der Waals surface area contributed by atoms with Crippen molar-refractivity contribution in [2.45, 2.75) is 43.4 Å². The monoisotopic (exact) mass is 307 g/mol. The molecule has 0 fully saturated rings. The lowest BCUT2D eigenvalue weighted by atomic mass is 10.2. The first-order chi connectivity index (χ1) is 9.54. The van der Waals surface area contributed by atoms with Crippen molar-refractivity contribution >= 4 is 23.4 Å². The molecule has 0 atom stereocenters. The van der Waals surface area contributed by atoms with E-state index in [0.717, 1.165) is 32.9 Å². The Morgan fingerprint density at radius 1 is 1.30 bits per heavy atom. The van der Waals surface area contributed by atoms with E-state index >= 15 is 0 Å². The van der Waals surface area contributed by atoms with Gasteiger partial charge in [0, 0.05) is 34.4 Å². The number of nitrogens with one attached hydrogen (secondary N) is 1. The van der Waals surface area contributed by atoms with E-state index in [1.807, 2.05) is 19.1 Å². The van der Waals surface area contributed by atoms with Gasteiger partial charge >= 0.3 is 0 Å². The zero-order chi connectivity index (χ0) is 14.5. The Morgan fingerprint density at radius 2 is 2.10 bits per heavy atom. The summed E-state index contributed by atoms with van der Waals surface area (Å²) in [6.45, 7) is 6.97. The first kappa shape index (κ1) is 15.3. The van der Waals surface area contributed by atoms with Gasteiger partial charge in [-0.05, 0) is 42.4 Å². The van der Waals surface area contributed by atoms with Gasteiger partial charge in [-0.15, -0.1) is 0 Å². The van der Waals surface area contributed by atoms with Gasteiger partial charge in [-0.3, -0.25) is 0 Å². The fraction of sp³-hybridized carbons (Fsp3) is 0.333. The lowest BCUT2D eigenvalue weighted by Crippen LogP contribution is -2.21. The maximum Gasteiger partial charge on any atom is 0.192 e. The molecule has 20 heavy (non-hydrogen) atoms. The number of hydrogen-bond donors (Lipinski definition) is 1. The molecule has 2 aromatic rings. The molecular weight excluding hydrogens is 290 g/mol. The second-order valence-electron chi connectivity index (χ2n) is 4.87. The van der Waals surface area contributed by atoms with Crippen LogP contribution in [0.3, 0.4) is 0 Å². The topological polar surface area (TPSA) is 37.8 Å². The number of hydrogen-bond acceptors (Lipinski definition) is 4. The van der Waals surface area contributed by atoms with Crippen molar-refractivity contribution in [3.63, 3.8) is 0 Å². The van der Waals surface area contributed by atoms with E-state index in [0.29, 0.717) is 6.04 Å². The Bertz CT molecular complexity index is 587. The van der Waals surface area contributed by atoms with Gasteiger partial charge in [0.2, 0.25) is 0 Å². The Morgan fingerprint density at radius 3 is 2.75 bits per heavy atom. The Balaban J connectivity index is 2.09. The molecule has 5 heteroatoms. The second kappa shape index (κ2) is 7.07. The molecule has 0 bridgehead atoms. The van der Waals surface area contributed by atoms with Gasteiger partial charge in [-0.1, -0.05) is 31.5 Å². The fourth-order valence-corrected chi connectivity index (χ4v) is 2.77. The number of halogens is 1. The predicted octanol–water partition coefficient (Wildman–Crippen LogP) is 4.09. The molecule has 1 heterocycles. The summed E-state index contributed by atoms with van der Waals surface area (Å²) >= 11 is 7.84. The molecule has 0 radical (unpaired) electrons. The minimum atomic E-state index is 0.445. The summed E-state index contributed by atoms with van der Waals surface area (Å²) < 4.78 is 0. The van der Waals surface area contributed by atoms with Gasteiger partial charge in [-0.25, -0.2) is 9.97 Å². The number of rotatable bonds is 5. The number of benzene rings is 1. The minimum absolute atomic E-state index is 0.445. The molecular formula is C15H18ClN3S. The number of nitrogens with zero attached hydrogens (tertiary/aromatic N) is 2. The van der Waals surface area contributed by atoms with E-state index in [1.54, 1.807) is 6.20 Å². The maximum absolute atomic E-state index is 6.32. The van der Waals surface area contributed by atoms with Crippen LogP contribution in [0.25, 0.3) is 0 Å². The van der Waals surface area contributed by atoms with Crippen LogP contribution in [-0.4, -0.2) is 16.0 Å². The van der Waals surface area contributed by atoms with Crippen LogP contribution in [0.2, 0.25) is 5.02 Å². The Kier molecular flexibility index (Phi) is 5.40. The van der Waals surface area contributed by atoms with E-state index in [-0.39, 0.29) is 0 Å². The quantitative estimate of drug-likeness (QED) is 0.844. The van der Waals surface area contributed by atoms with E-state index < -0.39 is 0 Å². The molecule has 106 valence electrons. The Hall–Kier alpha value is -1.10. The molecule has 0 saturated carbocycles. The van der Waals surface area contributed by atoms with Gasteiger partial charge in [0.05, 0.1) is 0 Å². The highest BCUT2D eigenvalue weighted by Crippen LogP contribution is 2.28. The maximum atomic E-state index is 6.32. The molecule has 0 saturated heterocycles. The van der Waals surface area contributed by atoms with Crippen molar-refractivity contribution in [1.82, 2.24) is 15.3 Å². The van der Waals surface area contributed by atoms with Gasteiger partial charge in [0.1, 0.15) is 0 Å². The van der Waals surface area contributed by atoms with Gasteiger partial charge in [0.15, 0.2) is 5.16 Å². The molecule has 1 N–H and O–H groups in total. The van der Waals surface area contributed by atoms with Crippen LogP contribution < -0.4 is 5.32 Å². The molecule has 0 unspecified atom stereocenters. The fourth-order valence-electron chi connectivity index (χ4n) is 1.63. The first-order valence-corrected chi connectivity index (χ1v) is 7.73. The highest BCUT2D eigenvalue weighted by atomic mass is 35.5. The summed E-state index contributed by atoms with van der Waals surface area (Å²) in [5, 5.41) is 4.88. The van der Waals surface area contributed by atoms with Crippen LogP contribution in [0.5, 0.6) is 0 Å². The molecule has 2 rings (SSSR count). The van der Waals surface area contributed by atoms with E-state index in [2.05, 4.69) is 41.3 Å². The van der Waals surface area contributed by atoms with E-state index in [4.69, 9.17) is 11.6 Å². The third-order valence-electron chi connectivity index (χ3n) is 2.71. The summed E-state index contributed by atoms with van der Waals surface area (Å²) in [5.74, 6) is 0. The smallest absolute Gasteiger partial charge is 0.192 e. The SMILES string of the molecule is Cc1ccnc(Sc2ccc(CNC(C)C)c(Cl)c2)n1. The van der Waals surface area contributed by atoms with Gasteiger partial charge in [-0.2, -0.15) is 0 Å². The Labute approximate surface area is 129 Å². The summed E-state index contributed by atoms with van der Waals surface area (Å²) in [6, 6.07) is 8.41. The molecule has 0 spiro atoms. The molecule has 3 nitrogen and oxygen atoms in total. The third-order valence-corrected chi connectivity index (χ3v) is 3.93. The van der Waals surface area contributed by atoms with Crippen LogP contribution >= 0.6 is 23.4 Å². The largest absolute Gasteiger partial charge is 0.310 e. The lowest BCUT2D eigenvalue weighted by Gasteiger charge is -2.10. The number of aromatic nitrogens is 2. The minimum Gasteiger partial charge on any atom is -0.310 e. The number of aryl methyl sites for hydroxylation is 1. The third kappa shape index (κ3) is 4.47. The molecule has 1 aromatic heterocycles. The van der Waals surface area contributed by atoms with E-state index in [9.17, 15) is 0 Å². The molecule has 0 amide bonds. The zero-order valence-electron chi connectivity index (χ0n) is 11.9. The molecule has 0 aliphatic carbocycles. The highest BCUT2D eigenvalue weighted by molar-refractivity contribution is 7.99. The van der Waals surface area contributed by atoms with Crippen molar-refractivity contribution in [2.75, 3.05) is 0 Å². The van der Waals surface area contributed by atoms with Gasteiger partial charge < -0.3 is 5.32 Å². The van der Waals surface area contributed by atoms with Crippen LogP contribution in [-0.2, 0) is 6.54 Å². The first-order valence-electron chi connectivity index (χ1n) is 6.54. The normalized spacial score (nSPS) is 11.1. The standard InChI is InChI=1S/C15H18ClN3S/c1-10(2)18-9-12-4-5-13(8-14(12)16)20-15-17-7-6-11(3)19-15/h4-8,10,18H,9H2,1-3H3. The van der Waals surface area contributed by atoms with Crippen molar-refractivity contribution < 1.29 is 0 Å². The summed E-state index contributed by atoms with van der Waals surface area (Å²) in [7, 11) is 0. The molecule has 0 aliphatic rings. The summed E-state index contributed by atoms with van der Waals surface area (Å²) in [4.78, 5) is 9.67. The average Bonchev–Trinajstić information content (AvgIpc) is 2.37. The van der Waals surface area contributed by atoms with Crippen molar-refractivity contribution in [1.29, 1.82) is 0 Å². The average molecular weight is 308 g/mol. The lowest BCUT2D eigenvalue weighted by molar-refractivity contribution is 0.589. The van der Waals surface area contributed by atoms with Crippen molar-refractivity contribution in [2.24, 2.45) is 0 Å².